The predicted molar refractivity (Wildman–Crippen MR) is 72.2 cm³/mol. The molecule has 0 aliphatic carbocycles. The van der Waals surface area contributed by atoms with Crippen molar-refractivity contribution in [1.82, 2.24) is 5.32 Å². The summed E-state index contributed by atoms with van der Waals surface area (Å²) in [6.07, 6.45) is 3.50. The number of unbranched alkanes of at least 4 members (excludes halogenated alkanes) is 1. The van der Waals surface area contributed by atoms with E-state index >= 15 is 0 Å². The molecular weight excluding hydrogens is 212 g/mol. The summed E-state index contributed by atoms with van der Waals surface area (Å²) in [5, 5.41) is 6.17. The minimum atomic E-state index is -0.0287. The summed E-state index contributed by atoms with van der Waals surface area (Å²) >= 11 is 0. The van der Waals surface area contributed by atoms with Gasteiger partial charge in [-0.25, -0.2) is 0 Å². The molecule has 17 heavy (non-hydrogen) atoms. The molecule has 0 heterocycles. The van der Waals surface area contributed by atoms with Gasteiger partial charge in [-0.3, -0.25) is 4.79 Å². The number of amides is 1. The number of anilines is 1. The summed E-state index contributed by atoms with van der Waals surface area (Å²) in [6.45, 7) is 5.83. The van der Waals surface area contributed by atoms with Crippen molar-refractivity contribution in [3.63, 3.8) is 0 Å². The fourth-order valence-corrected chi connectivity index (χ4v) is 1.62. The Morgan fingerprint density at radius 1 is 1.18 bits per heavy atom. The first-order valence-corrected chi connectivity index (χ1v) is 6.29. The van der Waals surface area contributed by atoms with Crippen LogP contribution in [0, 0.1) is 0 Å². The number of carbonyl (C=O) groups excluding carboxylic acids is 1. The first-order chi connectivity index (χ1) is 8.22. The maximum atomic E-state index is 10.8. The lowest BCUT2D eigenvalue weighted by Crippen LogP contribution is -2.18. The van der Waals surface area contributed by atoms with Crippen LogP contribution in [0.25, 0.3) is 0 Å². The molecule has 3 heteroatoms. The number of nitrogens with one attached hydrogen (secondary N) is 2. The summed E-state index contributed by atoms with van der Waals surface area (Å²) in [5.41, 5.74) is 2.16. The quantitative estimate of drug-likeness (QED) is 0.712. The molecule has 2 N–H and O–H groups in total. The van der Waals surface area contributed by atoms with E-state index in [0.29, 0.717) is 0 Å². The second-order valence-corrected chi connectivity index (χ2v) is 4.23. The molecule has 0 bridgehead atoms. The summed E-state index contributed by atoms with van der Waals surface area (Å²) in [7, 11) is 0. The zero-order chi connectivity index (χ0) is 12.5. The van der Waals surface area contributed by atoms with E-state index in [1.165, 1.54) is 25.3 Å². The van der Waals surface area contributed by atoms with Crippen molar-refractivity contribution in [3.05, 3.63) is 29.8 Å². The van der Waals surface area contributed by atoms with Crippen LogP contribution in [0.15, 0.2) is 24.3 Å². The summed E-state index contributed by atoms with van der Waals surface area (Å²) < 4.78 is 0. The molecule has 0 radical (unpaired) electrons. The Balaban J connectivity index is 2.28. The third kappa shape index (κ3) is 6.07. The van der Waals surface area contributed by atoms with E-state index in [4.69, 9.17) is 0 Å². The lowest BCUT2D eigenvalue weighted by atomic mass is 10.1. The normalized spacial score (nSPS) is 10.2. The van der Waals surface area contributed by atoms with Gasteiger partial charge in [0, 0.05) is 12.6 Å². The van der Waals surface area contributed by atoms with Gasteiger partial charge in [-0.2, -0.15) is 0 Å². The van der Waals surface area contributed by atoms with Gasteiger partial charge in [0.15, 0.2) is 0 Å². The fourth-order valence-electron chi connectivity index (χ4n) is 1.62. The van der Waals surface area contributed by atoms with E-state index in [-0.39, 0.29) is 5.91 Å². The first-order valence-electron chi connectivity index (χ1n) is 6.29. The lowest BCUT2D eigenvalue weighted by Gasteiger charge is -2.06. The molecule has 0 aliphatic rings. The third-order valence-electron chi connectivity index (χ3n) is 2.57. The van der Waals surface area contributed by atoms with E-state index in [2.05, 4.69) is 29.7 Å². The molecule has 0 aromatic heterocycles. The van der Waals surface area contributed by atoms with Crippen LogP contribution in [0.3, 0.4) is 0 Å². The van der Waals surface area contributed by atoms with Crippen molar-refractivity contribution < 1.29 is 4.79 Å². The summed E-state index contributed by atoms with van der Waals surface area (Å²) in [6, 6.07) is 8.02. The highest BCUT2D eigenvalue weighted by molar-refractivity contribution is 5.88. The SMILES string of the molecule is CCCCNCCc1ccc(NC(C)=O)cc1. The second-order valence-electron chi connectivity index (χ2n) is 4.23. The largest absolute Gasteiger partial charge is 0.326 e. The van der Waals surface area contributed by atoms with Crippen molar-refractivity contribution in [2.24, 2.45) is 0 Å². The van der Waals surface area contributed by atoms with E-state index < -0.39 is 0 Å². The van der Waals surface area contributed by atoms with Crippen LogP contribution in [0.4, 0.5) is 5.69 Å². The van der Waals surface area contributed by atoms with Crippen LogP contribution in [0.2, 0.25) is 0 Å². The van der Waals surface area contributed by atoms with Crippen LogP contribution < -0.4 is 10.6 Å². The van der Waals surface area contributed by atoms with Gasteiger partial charge in [0.2, 0.25) is 5.91 Å². The van der Waals surface area contributed by atoms with E-state index in [1.807, 2.05) is 12.1 Å². The molecule has 0 spiro atoms. The summed E-state index contributed by atoms with van der Waals surface area (Å²) in [4.78, 5) is 10.8. The van der Waals surface area contributed by atoms with Gasteiger partial charge in [0.05, 0.1) is 0 Å². The highest BCUT2D eigenvalue weighted by atomic mass is 16.1. The van der Waals surface area contributed by atoms with Crippen molar-refractivity contribution in [2.75, 3.05) is 18.4 Å². The Kier molecular flexibility index (Phi) is 6.33. The van der Waals surface area contributed by atoms with Gasteiger partial charge in [0.1, 0.15) is 0 Å². The maximum Gasteiger partial charge on any atom is 0.221 e. The smallest absolute Gasteiger partial charge is 0.221 e. The Morgan fingerprint density at radius 2 is 1.88 bits per heavy atom. The molecule has 1 aromatic rings. The lowest BCUT2D eigenvalue weighted by molar-refractivity contribution is -0.114. The van der Waals surface area contributed by atoms with Gasteiger partial charge in [-0.05, 0) is 43.6 Å². The average Bonchev–Trinajstić information content (AvgIpc) is 2.30. The zero-order valence-corrected chi connectivity index (χ0v) is 10.8. The molecule has 1 rings (SSSR count). The molecule has 94 valence electrons. The minimum Gasteiger partial charge on any atom is -0.326 e. The number of rotatable bonds is 7. The van der Waals surface area contributed by atoms with Crippen molar-refractivity contribution >= 4 is 11.6 Å². The van der Waals surface area contributed by atoms with E-state index in [0.717, 1.165) is 25.2 Å². The molecule has 3 nitrogen and oxygen atoms in total. The Morgan fingerprint density at radius 3 is 2.47 bits per heavy atom. The molecule has 0 unspecified atom stereocenters. The van der Waals surface area contributed by atoms with Crippen LogP contribution in [0.5, 0.6) is 0 Å². The first kappa shape index (κ1) is 13.7. The number of benzene rings is 1. The molecule has 0 atom stereocenters. The van der Waals surface area contributed by atoms with Gasteiger partial charge in [-0.1, -0.05) is 25.5 Å². The van der Waals surface area contributed by atoms with E-state index in [1.54, 1.807) is 0 Å². The number of carbonyl (C=O) groups is 1. The Hall–Kier alpha value is -1.35. The van der Waals surface area contributed by atoms with Gasteiger partial charge in [-0.15, -0.1) is 0 Å². The topological polar surface area (TPSA) is 41.1 Å². The van der Waals surface area contributed by atoms with Gasteiger partial charge in [0.25, 0.3) is 0 Å². The highest BCUT2D eigenvalue weighted by Crippen LogP contribution is 2.09. The molecular formula is C14H22N2O. The van der Waals surface area contributed by atoms with Crippen LogP contribution >= 0.6 is 0 Å². The number of hydrogen-bond donors (Lipinski definition) is 2. The standard InChI is InChI=1S/C14H22N2O/c1-3-4-10-15-11-9-13-5-7-14(8-6-13)16-12(2)17/h5-8,15H,3-4,9-11H2,1-2H3,(H,16,17). The van der Waals surface area contributed by atoms with Crippen molar-refractivity contribution in [2.45, 2.75) is 33.1 Å². The van der Waals surface area contributed by atoms with Crippen LogP contribution in [-0.2, 0) is 11.2 Å². The van der Waals surface area contributed by atoms with Crippen LogP contribution in [0.1, 0.15) is 32.3 Å². The minimum absolute atomic E-state index is 0.0287. The maximum absolute atomic E-state index is 10.8. The van der Waals surface area contributed by atoms with Gasteiger partial charge >= 0.3 is 0 Å². The molecule has 0 saturated carbocycles. The molecule has 0 fully saturated rings. The molecule has 1 amide bonds. The summed E-state index contributed by atoms with van der Waals surface area (Å²) in [5.74, 6) is -0.0287. The predicted octanol–water partition coefficient (Wildman–Crippen LogP) is 2.58. The Labute approximate surface area is 104 Å². The Bertz CT molecular complexity index is 333. The zero-order valence-electron chi connectivity index (χ0n) is 10.8. The van der Waals surface area contributed by atoms with E-state index in [9.17, 15) is 4.79 Å². The fraction of sp³-hybridized carbons (Fsp3) is 0.500. The van der Waals surface area contributed by atoms with Crippen molar-refractivity contribution in [1.29, 1.82) is 0 Å². The van der Waals surface area contributed by atoms with Crippen LogP contribution in [-0.4, -0.2) is 19.0 Å². The number of hydrogen-bond acceptors (Lipinski definition) is 2. The van der Waals surface area contributed by atoms with Crippen molar-refractivity contribution in [3.8, 4) is 0 Å². The molecule has 1 aromatic carbocycles. The molecule has 0 saturated heterocycles. The second kappa shape index (κ2) is 7.85. The average molecular weight is 234 g/mol. The monoisotopic (exact) mass is 234 g/mol. The third-order valence-corrected chi connectivity index (χ3v) is 2.57. The highest BCUT2D eigenvalue weighted by Gasteiger charge is 1.96. The molecule has 0 aliphatic heterocycles. The van der Waals surface area contributed by atoms with Gasteiger partial charge < -0.3 is 10.6 Å².